The number of anilines is 1. The summed E-state index contributed by atoms with van der Waals surface area (Å²) >= 11 is 0. The number of aromatic amines is 1. The Kier molecular flexibility index (Phi) is 3.00. The molecule has 2 heterocycles. The lowest BCUT2D eigenvalue weighted by Crippen LogP contribution is -2.24. The minimum atomic E-state index is -0.760. The van der Waals surface area contributed by atoms with Gasteiger partial charge in [0.1, 0.15) is 11.6 Å². The largest absolute Gasteiger partial charge is 0.481 e. The van der Waals surface area contributed by atoms with E-state index in [0.717, 1.165) is 31.6 Å². The summed E-state index contributed by atoms with van der Waals surface area (Å²) in [4.78, 5) is 31.7. The molecule has 19 heavy (non-hydrogen) atoms. The Morgan fingerprint density at radius 3 is 2.95 bits per heavy atom. The number of carboxylic acids is 1. The van der Waals surface area contributed by atoms with Gasteiger partial charge in [-0.15, -0.1) is 0 Å². The lowest BCUT2D eigenvalue weighted by molar-refractivity contribution is -0.137. The lowest BCUT2D eigenvalue weighted by atomic mass is 10.1. The average molecular weight is 263 g/mol. The Morgan fingerprint density at radius 2 is 2.26 bits per heavy atom. The maximum Gasteiger partial charge on any atom is 0.303 e. The first-order valence-electron chi connectivity index (χ1n) is 6.70. The van der Waals surface area contributed by atoms with Crippen molar-refractivity contribution in [1.82, 2.24) is 9.97 Å². The van der Waals surface area contributed by atoms with Crippen LogP contribution in [0.25, 0.3) is 0 Å². The summed E-state index contributed by atoms with van der Waals surface area (Å²) in [6.45, 7) is 1.45. The van der Waals surface area contributed by atoms with Gasteiger partial charge >= 0.3 is 5.97 Å². The van der Waals surface area contributed by atoms with Gasteiger partial charge in [0, 0.05) is 31.5 Å². The molecule has 2 fully saturated rings. The normalized spacial score (nSPS) is 22.7. The summed E-state index contributed by atoms with van der Waals surface area (Å²) < 4.78 is 0. The quantitative estimate of drug-likeness (QED) is 0.844. The van der Waals surface area contributed by atoms with Gasteiger partial charge in [-0.25, -0.2) is 4.98 Å². The number of carboxylic acid groups (broad SMARTS) is 1. The van der Waals surface area contributed by atoms with E-state index >= 15 is 0 Å². The SMILES string of the molecule is O=C(O)CC1CCN(c2cc(=O)[nH]c(C3CC3)n2)C1. The summed E-state index contributed by atoms with van der Waals surface area (Å²) in [6, 6.07) is 1.51. The zero-order valence-corrected chi connectivity index (χ0v) is 10.6. The third kappa shape index (κ3) is 2.77. The predicted molar refractivity (Wildman–Crippen MR) is 69.4 cm³/mol. The second-order valence-corrected chi connectivity index (χ2v) is 5.46. The molecule has 3 rings (SSSR count). The molecular formula is C13H17N3O3. The highest BCUT2D eigenvalue weighted by Gasteiger charge is 2.29. The molecule has 0 aromatic carbocycles. The van der Waals surface area contributed by atoms with E-state index in [4.69, 9.17) is 5.11 Å². The highest BCUT2D eigenvalue weighted by Crippen LogP contribution is 2.38. The Bertz CT molecular complexity index is 550. The molecule has 6 nitrogen and oxygen atoms in total. The monoisotopic (exact) mass is 263 g/mol. The van der Waals surface area contributed by atoms with Crippen molar-refractivity contribution in [1.29, 1.82) is 0 Å². The van der Waals surface area contributed by atoms with Gasteiger partial charge in [-0.2, -0.15) is 0 Å². The Balaban J connectivity index is 1.75. The van der Waals surface area contributed by atoms with E-state index in [-0.39, 0.29) is 17.9 Å². The Morgan fingerprint density at radius 1 is 1.47 bits per heavy atom. The van der Waals surface area contributed by atoms with Gasteiger partial charge in [0.2, 0.25) is 0 Å². The van der Waals surface area contributed by atoms with Gasteiger partial charge in [0.05, 0.1) is 0 Å². The fourth-order valence-corrected chi connectivity index (χ4v) is 2.63. The highest BCUT2D eigenvalue weighted by atomic mass is 16.4. The molecule has 0 amide bonds. The molecule has 0 bridgehead atoms. The van der Waals surface area contributed by atoms with Gasteiger partial charge < -0.3 is 15.0 Å². The smallest absolute Gasteiger partial charge is 0.303 e. The predicted octanol–water partition coefficient (Wildman–Crippen LogP) is 0.948. The van der Waals surface area contributed by atoms with Gasteiger partial charge in [-0.1, -0.05) is 0 Å². The summed E-state index contributed by atoms with van der Waals surface area (Å²) in [6.07, 6.45) is 3.22. The number of aromatic nitrogens is 2. The van der Waals surface area contributed by atoms with Crippen LogP contribution in [0.15, 0.2) is 10.9 Å². The summed E-state index contributed by atoms with van der Waals surface area (Å²) in [5, 5.41) is 8.81. The molecule has 1 unspecified atom stereocenters. The van der Waals surface area contributed by atoms with E-state index in [0.29, 0.717) is 18.3 Å². The van der Waals surface area contributed by atoms with E-state index < -0.39 is 5.97 Å². The minimum Gasteiger partial charge on any atom is -0.481 e. The molecule has 0 spiro atoms. The van der Waals surface area contributed by atoms with Crippen LogP contribution in [0.1, 0.15) is 37.4 Å². The van der Waals surface area contributed by atoms with Gasteiger partial charge in [0.25, 0.3) is 5.56 Å². The van der Waals surface area contributed by atoms with Crippen LogP contribution in [-0.2, 0) is 4.79 Å². The molecule has 102 valence electrons. The van der Waals surface area contributed by atoms with Gasteiger partial charge in [-0.3, -0.25) is 9.59 Å². The third-order valence-corrected chi connectivity index (χ3v) is 3.78. The van der Waals surface area contributed by atoms with Crippen LogP contribution >= 0.6 is 0 Å². The van der Waals surface area contributed by atoms with Gasteiger partial charge in [0.15, 0.2) is 0 Å². The number of nitrogens with zero attached hydrogens (tertiary/aromatic N) is 2. The maximum absolute atomic E-state index is 11.6. The van der Waals surface area contributed by atoms with Crippen molar-refractivity contribution in [2.45, 2.75) is 31.6 Å². The van der Waals surface area contributed by atoms with Crippen molar-refractivity contribution in [3.8, 4) is 0 Å². The maximum atomic E-state index is 11.6. The first-order valence-corrected chi connectivity index (χ1v) is 6.70. The summed E-state index contributed by atoms with van der Waals surface area (Å²) in [7, 11) is 0. The van der Waals surface area contributed by atoms with Gasteiger partial charge in [-0.05, 0) is 25.2 Å². The van der Waals surface area contributed by atoms with Crippen LogP contribution in [-0.4, -0.2) is 34.1 Å². The molecule has 1 atom stereocenters. The second-order valence-electron chi connectivity index (χ2n) is 5.46. The van der Waals surface area contributed by atoms with Crippen LogP contribution < -0.4 is 10.5 Å². The van der Waals surface area contributed by atoms with E-state index in [1.54, 1.807) is 0 Å². The molecule has 1 saturated carbocycles. The number of H-pyrrole nitrogens is 1. The third-order valence-electron chi connectivity index (χ3n) is 3.78. The Labute approximate surface area is 110 Å². The lowest BCUT2D eigenvalue weighted by Gasteiger charge is -2.17. The molecule has 2 N–H and O–H groups in total. The van der Waals surface area contributed by atoms with Crippen molar-refractivity contribution >= 4 is 11.8 Å². The molecule has 0 radical (unpaired) electrons. The number of carbonyl (C=O) groups is 1. The summed E-state index contributed by atoms with van der Waals surface area (Å²) in [5.74, 6) is 1.28. The van der Waals surface area contributed by atoms with Crippen LogP contribution in [0.2, 0.25) is 0 Å². The standard InChI is InChI=1S/C13H17N3O3/c17-11-6-10(14-13(15-11)9-1-2-9)16-4-3-8(7-16)5-12(18)19/h6,8-9H,1-5,7H2,(H,18,19)(H,14,15,17). The van der Waals surface area contributed by atoms with Crippen molar-refractivity contribution in [2.75, 3.05) is 18.0 Å². The van der Waals surface area contributed by atoms with Crippen molar-refractivity contribution in [3.05, 3.63) is 22.2 Å². The van der Waals surface area contributed by atoms with Crippen molar-refractivity contribution in [2.24, 2.45) is 5.92 Å². The first kappa shape index (κ1) is 12.2. The zero-order chi connectivity index (χ0) is 13.4. The van der Waals surface area contributed by atoms with Crippen LogP contribution in [0.5, 0.6) is 0 Å². The van der Waals surface area contributed by atoms with Crippen LogP contribution in [0.4, 0.5) is 5.82 Å². The molecule has 1 aromatic heterocycles. The number of hydrogen-bond acceptors (Lipinski definition) is 4. The molecule has 1 aliphatic carbocycles. The topological polar surface area (TPSA) is 86.3 Å². The number of aliphatic carboxylic acids is 1. The van der Waals surface area contributed by atoms with E-state index in [2.05, 4.69) is 9.97 Å². The Hall–Kier alpha value is -1.85. The van der Waals surface area contributed by atoms with Crippen LogP contribution in [0.3, 0.4) is 0 Å². The highest BCUT2D eigenvalue weighted by molar-refractivity contribution is 5.67. The number of hydrogen-bond donors (Lipinski definition) is 2. The molecule has 1 saturated heterocycles. The molecule has 1 aromatic rings. The minimum absolute atomic E-state index is 0.117. The summed E-state index contributed by atoms with van der Waals surface area (Å²) in [5.41, 5.74) is -0.117. The zero-order valence-electron chi connectivity index (χ0n) is 10.6. The average Bonchev–Trinajstić information content (AvgIpc) is 3.09. The molecular weight excluding hydrogens is 246 g/mol. The van der Waals surface area contributed by atoms with Crippen molar-refractivity contribution < 1.29 is 9.90 Å². The van der Waals surface area contributed by atoms with Crippen LogP contribution in [0, 0.1) is 5.92 Å². The van der Waals surface area contributed by atoms with E-state index in [1.165, 1.54) is 6.07 Å². The first-order chi connectivity index (χ1) is 9.11. The number of nitrogens with one attached hydrogen (secondary N) is 1. The fourth-order valence-electron chi connectivity index (χ4n) is 2.63. The van der Waals surface area contributed by atoms with E-state index in [9.17, 15) is 9.59 Å². The van der Waals surface area contributed by atoms with Crippen molar-refractivity contribution in [3.63, 3.8) is 0 Å². The van der Waals surface area contributed by atoms with E-state index in [1.807, 2.05) is 4.90 Å². The second kappa shape index (κ2) is 4.68. The molecule has 2 aliphatic rings. The molecule has 1 aliphatic heterocycles. The number of rotatable bonds is 4. The fraction of sp³-hybridized carbons (Fsp3) is 0.615. The molecule has 6 heteroatoms.